The lowest BCUT2D eigenvalue weighted by Gasteiger charge is -2.36. The maximum atomic E-state index is 13.6. The number of rotatable bonds is 5. The first-order chi connectivity index (χ1) is 18.8. The molecule has 0 aliphatic carbocycles. The smallest absolute Gasteiger partial charge is 0.266 e. The topological polar surface area (TPSA) is 87.2 Å². The number of aryl methyl sites for hydroxylation is 1. The molecule has 0 spiro atoms. The number of methoxy groups -OCH3 is 1. The minimum Gasteiger partial charge on any atom is -0.495 e. The molecule has 6 rings (SSSR count). The van der Waals surface area contributed by atoms with Crippen LogP contribution in [0.1, 0.15) is 26.3 Å². The van der Waals surface area contributed by atoms with Crippen molar-refractivity contribution >= 4 is 44.0 Å². The second-order valence-electron chi connectivity index (χ2n) is 9.68. The molecule has 1 saturated heterocycles. The van der Waals surface area contributed by atoms with E-state index in [4.69, 9.17) is 4.74 Å². The van der Waals surface area contributed by atoms with Crippen molar-refractivity contribution in [3.8, 4) is 5.75 Å². The van der Waals surface area contributed by atoms with Gasteiger partial charge in [0.2, 0.25) is 10.0 Å². The van der Waals surface area contributed by atoms with Gasteiger partial charge in [-0.3, -0.25) is 9.59 Å². The Kier molecular flexibility index (Phi) is 6.12. The summed E-state index contributed by atoms with van der Waals surface area (Å²) in [4.78, 5) is 30.9. The molecule has 4 aromatic carbocycles. The van der Waals surface area contributed by atoms with Gasteiger partial charge >= 0.3 is 0 Å². The summed E-state index contributed by atoms with van der Waals surface area (Å²) in [6.45, 7) is 3.56. The molecule has 9 heteroatoms. The number of anilines is 2. The van der Waals surface area contributed by atoms with Crippen molar-refractivity contribution in [3.05, 3.63) is 95.6 Å². The molecule has 39 heavy (non-hydrogen) atoms. The van der Waals surface area contributed by atoms with Gasteiger partial charge < -0.3 is 9.64 Å². The van der Waals surface area contributed by atoms with E-state index in [0.29, 0.717) is 59.0 Å². The van der Waals surface area contributed by atoms with Crippen molar-refractivity contribution in [2.75, 3.05) is 43.1 Å². The largest absolute Gasteiger partial charge is 0.495 e. The highest BCUT2D eigenvalue weighted by atomic mass is 32.2. The predicted molar refractivity (Wildman–Crippen MR) is 150 cm³/mol. The molecule has 8 nitrogen and oxygen atoms in total. The SMILES string of the molecule is COc1ccccc1N1C(=O)c2cccc3c(N4CCN(S(=O)(=O)c5ccc(C)cc5)CC4)ccc(c23)C1=O. The number of ether oxygens (including phenoxy) is 1. The quantitative estimate of drug-likeness (QED) is 0.347. The molecule has 0 bridgehead atoms. The zero-order valence-corrected chi connectivity index (χ0v) is 22.4. The molecule has 4 aromatic rings. The van der Waals surface area contributed by atoms with Crippen molar-refractivity contribution in [2.45, 2.75) is 11.8 Å². The maximum Gasteiger partial charge on any atom is 0.266 e. The van der Waals surface area contributed by atoms with Gasteiger partial charge in [-0.15, -0.1) is 0 Å². The number of nitrogens with zero attached hydrogens (tertiary/aromatic N) is 3. The maximum absolute atomic E-state index is 13.6. The van der Waals surface area contributed by atoms with E-state index in [-0.39, 0.29) is 0 Å². The zero-order valence-electron chi connectivity index (χ0n) is 21.6. The lowest BCUT2D eigenvalue weighted by atomic mass is 9.92. The molecule has 1 fully saturated rings. The Morgan fingerprint density at radius 1 is 0.718 bits per heavy atom. The Balaban J connectivity index is 1.32. The fraction of sp³-hybridized carbons (Fsp3) is 0.200. The molecule has 2 amide bonds. The average Bonchev–Trinajstić information content (AvgIpc) is 2.96. The Morgan fingerprint density at radius 3 is 2.08 bits per heavy atom. The number of para-hydroxylation sites is 2. The summed E-state index contributed by atoms with van der Waals surface area (Å²) in [5.41, 5.74) is 3.15. The number of carbonyl (C=O) groups is 2. The first-order valence-corrected chi connectivity index (χ1v) is 14.1. The van der Waals surface area contributed by atoms with Crippen LogP contribution in [0.25, 0.3) is 10.8 Å². The van der Waals surface area contributed by atoms with Crippen molar-refractivity contribution < 1.29 is 22.7 Å². The molecule has 2 aliphatic heterocycles. The van der Waals surface area contributed by atoms with Crippen LogP contribution in [0.5, 0.6) is 5.75 Å². The number of amides is 2. The average molecular weight is 542 g/mol. The van der Waals surface area contributed by atoms with Gasteiger partial charge in [0.1, 0.15) is 5.75 Å². The second kappa shape index (κ2) is 9.52. The fourth-order valence-corrected chi connectivity index (χ4v) is 6.84. The van der Waals surface area contributed by atoms with Crippen LogP contribution < -0.4 is 14.5 Å². The number of carbonyl (C=O) groups excluding carboxylic acids is 2. The highest BCUT2D eigenvalue weighted by molar-refractivity contribution is 7.89. The molecule has 0 radical (unpaired) electrons. The summed E-state index contributed by atoms with van der Waals surface area (Å²) in [6.07, 6.45) is 0. The van der Waals surface area contributed by atoms with Gasteiger partial charge in [-0.1, -0.05) is 42.0 Å². The van der Waals surface area contributed by atoms with Crippen LogP contribution in [-0.4, -0.2) is 57.8 Å². The monoisotopic (exact) mass is 541 g/mol. The number of hydrogen-bond acceptors (Lipinski definition) is 6. The van der Waals surface area contributed by atoms with Gasteiger partial charge in [0, 0.05) is 53.8 Å². The first-order valence-electron chi connectivity index (χ1n) is 12.7. The molecule has 198 valence electrons. The van der Waals surface area contributed by atoms with E-state index >= 15 is 0 Å². The number of benzene rings is 4. The van der Waals surface area contributed by atoms with E-state index in [0.717, 1.165) is 16.6 Å². The number of sulfonamides is 1. The molecule has 2 aliphatic rings. The Labute approximate surface area is 227 Å². The molecular formula is C30H27N3O5S. The van der Waals surface area contributed by atoms with Gasteiger partial charge in [0.15, 0.2) is 0 Å². The summed E-state index contributed by atoms with van der Waals surface area (Å²) in [7, 11) is -2.08. The normalized spacial score (nSPS) is 16.2. The van der Waals surface area contributed by atoms with Crippen molar-refractivity contribution in [1.82, 2.24) is 4.31 Å². The predicted octanol–water partition coefficient (Wildman–Crippen LogP) is 4.47. The van der Waals surface area contributed by atoms with Crippen molar-refractivity contribution in [3.63, 3.8) is 0 Å². The Hall–Kier alpha value is -4.21. The Morgan fingerprint density at radius 2 is 1.38 bits per heavy atom. The lowest BCUT2D eigenvalue weighted by Crippen LogP contribution is -2.48. The second-order valence-corrected chi connectivity index (χ2v) is 11.6. The van der Waals surface area contributed by atoms with Crippen LogP contribution in [0.4, 0.5) is 11.4 Å². The van der Waals surface area contributed by atoms with Gasteiger partial charge in [0.05, 0.1) is 17.7 Å². The highest BCUT2D eigenvalue weighted by Crippen LogP contribution is 2.40. The highest BCUT2D eigenvalue weighted by Gasteiger charge is 2.36. The van der Waals surface area contributed by atoms with Crippen molar-refractivity contribution in [2.24, 2.45) is 0 Å². The lowest BCUT2D eigenvalue weighted by molar-refractivity contribution is 0.0892. The van der Waals surface area contributed by atoms with Gasteiger partial charge in [-0.25, -0.2) is 13.3 Å². The summed E-state index contributed by atoms with van der Waals surface area (Å²) in [5, 5.41) is 1.41. The number of hydrogen-bond donors (Lipinski definition) is 0. The fourth-order valence-electron chi connectivity index (χ4n) is 5.42. The number of piperazine rings is 1. The van der Waals surface area contributed by atoms with Crippen LogP contribution in [0.15, 0.2) is 83.8 Å². The molecule has 2 heterocycles. The standard InChI is InChI=1S/C30H27N3O5S/c1-20-10-12-21(13-11-20)39(36,37)32-18-16-31(17-19-32)25-15-14-24-28-22(25)6-5-7-23(28)29(34)33(30(24)35)26-8-3-4-9-27(26)38-2/h3-15H,16-19H2,1-2H3. The van der Waals surface area contributed by atoms with E-state index in [1.807, 2.05) is 25.1 Å². The molecule has 0 unspecified atom stereocenters. The van der Waals surface area contributed by atoms with Gasteiger partial charge in [-0.05, 0) is 49.4 Å². The molecule has 0 aromatic heterocycles. The van der Waals surface area contributed by atoms with E-state index in [9.17, 15) is 18.0 Å². The minimum atomic E-state index is -3.59. The van der Waals surface area contributed by atoms with Crippen LogP contribution in [0.3, 0.4) is 0 Å². The summed E-state index contributed by atoms with van der Waals surface area (Å²) >= 11 is 0. The molecular weight excluding hydrogens is 514 g/mol. The van der Waals surface area contributed by atoms with E-state index in [1.54, 1.807) is 60.7 Å². The summed E-state index contributed by atoms with van der Waals surface area (Å²) in [5.74, 6) is -0.382. The summed E-state index contributed by atoms with van der Waals surface area (Å²) < 4.78 is 33.3. The molecule has 0 N–H and O–H groups in total. The molecule has 0 atom stereocenters. The van der Waals surface area contributed by atoms with E-state index < -0.39 is 21.8 Å². The third-order valence-corrected chi connectivity index (χ3v) is 9.36. The zero-order chi connectivity index (χ0) is 27.3. The Bertz CT molecular complexity index is 1700. The van der Waals surface area contributed by atoms with Gasteiger partial charge in [-0.2, -0.15) is 4.31 Å². The third kappa shape index (κ3) is 4.05. The van der Waals surface area contributed by atoms with Crippen LogP contribution in [0.2, 0.25) is 0 Å². The van der Waals surface area contributed by atoms with Crippen LogP contribution >= 0.6 is 0 Å². The third-order valence-electron chi connectivity index (χ3n) is 7.45. The number of imide groups is 1. The minimum absolute atomic E-state index is 0.291. The first kappa shape index (κ1) is 25.1. The van der Waals surface area contributed by atoms with E-state index in [2.05, 4.69) is 4.90 Å². The van der Waals surface area contributed by atoms with Gasteiger partial charge in [0.25, 0.3) is 11.8 Å². The van der Waals surface area contributed by atoms with Crippen LogP contribution in [-0.2, 0) is 10.0 Å². The van der Waals surface area contributed by atoms with E-state index in [1.165, 1.54) is 16.3 Å². The van der Waals surface area contributed by atoms with Crippen LogP contribution in [0, 0.1) is 6.92 Å². The molecule has 0 saturated carbocycles. The van der Waals surface area contributed by atoms with Crippen molar-refractivity contribution in [1.29, 1.82) is 0 Å². The summed E-state index contributed by atoms with van der Waals surface area (Å²) in [6, 6.07) is 23.0.